The number of rotatable bonds is 6. The maximum absolute atomic E-state index is 12.0. The zero-order chi connectivity index (χ0) is 14.6. The molecule has 1 N–H and O–H groups in total. The summed E-state index contributed by atoms with van der Waals surface area (Å²) >= 11 is 1.55. The Morgan fingerprint density at radius 1 is 1.45 bits per heavy atom. The average molecular weight is 316 g/mol. The van der Waals surface area contributed by atoms with Gasteiger partial charge >= 0.3 is 0 Å². The number of nitrogens with one attached hydrogen (secondary N) is 1. The number of thiazole rings is 1. The fourth-order valence-corrected chi connectivity index (χ4v) is 4.88. The summed E-state index contributed by atoms with van der Waals surface area (Å²) < 4.78 is 24.1. The van der Waals surface area contributed by atoms with Gasteiger partial charge in [-0.1, -0.05) is 19.8 Å². The monoisotopic (exact) mass is 316 g/mol. The molecule has 0 bridgehead atoms. The van der Waals surface area contributed by atoms with Crippen LogP contribution in [0, 0.1) is 0 Å². The van der Waals surface area contributed by atoms with Crippen molar-refractivity contribution in [3.05, 3.63) is 16.1 Å². The first-order chi connectivity index (χ1) is 9.51. The summed E-state index contributed by atoms with van der Waals surface area (Å²) in [6.45, 7) is 2.32. The van der Waals surface area contributed by atoms with Crippen LogP contribution in [0.1, 0.15) is 43.3 Å². The third kappa shape index (κ3) is 4.02. The zero-order valence-electron chi connectivity index (χ0n) is 11.6. The van der Waals surface area contributed by atoms with Crippen LogP contribution in [0.25, 0.3) is 0 Å². The van der Waals surface area contributed by atoms with Gasteiger partial charge in [-0.15, -0.1) is 11.3 Å². The Balaban J connectivity index is 1.83. The van der Waals surface area contributed by atoms with Crippen LogP contribution in [0.2, 0.25) is 0 Å². The van der Waals surface area contributed by atoms with Gasteiger partial charge in [0.2, 0.25) is 5.91 Å². The number of hydrogen-bond donors (Lipinski definition) is 1. The minimum absolute atomic E-state index is 0.301. The van der Waals surface area contributed by atoms with Crippen molar-refractivity contribution in [3.63, 3.8) is 0 Å². The third-order valence-corrected chi connectivity index (χ3v) is 6.70. The molecule has 1 fully saturated rings. The fourth-order valence-electron chi connectivity index (χ4n) is 2.38. The lowest BCUT2D eigenvalue weighted by atomic mass is 10.4. The van der Waals surface area contributed by atoms with Crippen molar-refractivity contribution in [2.45, 2.75) is 50.8 Å². The van der Waals surface area contributed by atoms with E-state index >= 15 is 0 Å². The van der Waals surface area contributed by atoms with Crippen LogP contribution in [0.3, 0.4) is 0 Å². The van der Waals surface area contributed by atoms with Gasteiger partial charge in [0.1, 0.15) is 5.75 Å². The summed E-state index contributed by atoms with van der Waals surface area (Å²) in [5, 5.41) is 5.24. The second-order valence-electron chi connectivity index (χ2n) is 5.08. The Labute approximate surface area is 123 Å². The topological polar surface area (TPSA) is 76.1 Å². The number of carbonyl (C=O) groups is 1. The highest BCUT2D eigenvalue weighted by molar-refractivity contribution is 7.92. The van der Waals surface area contributed by atoms with Crippen molar-refractivity contribution in [1.29, 1.82) is 0 Å². The molecule has 1 aromatic heterocycles. The number of amides is 1. The largest absolute Gasteiger partial charge is 0.350 e. The minimum atomic E-state index is -3.29. The van der Waals surface area contributed by atoms with Crippen molar-refractivity contribution in [2.75, 3.05) is 5.75 Å². The molecule has 7 heteroatoms. The third-order valence-electron chi connectivity index (χ3n) is 3.51. The van der Waals surface area contributed by atoms with Crippen molar-refractivity contribution in [2.24, 2.45) is 0 Å². The quantitative estimate of drug-likeness (QED) is 0.866. The van der Waals surface area contributed by atoms with E-state index in [9.17, 15) is 13.2 Å². The van der Waals surface area contributed by atoms with E-state index in [1.807, 2.05) is 12.3 Å². The van der Waals surface area contributed by atoms with Crippen LogP contribution in [0.15, 0.2) is 5.38 Å². The van der Waals surface area contributed by atoms with Crippen molar-refractivity contribution in [1.82, 2.24) is 10.3 Å². The molecule has 1 aliphatic carbocycles. The van der Waals surface area contributed by atoms with Gasteiger partial charge in [-0.05, 0) is 19.3 Å². The van der Waals surface area contributed by atoms with E-state index in [4.69, 9.17) is 0 Å². The first kappa shape index (κ1) is 15.4. The number of sulfone groups is 1. The van der Waals surface area contributed by atoms with Crippen molar-refractivity contribution in [3.8, 4) is 0 Å². The van der Waals surface area contributed by atoms with Gasteiger partial charge in [0.05, 0.1) is 22.5 Å². The molecule has 20 heavy (non-hydrogen) atoms. The van der Waals surface area contributed by atoms with Crippen LogP contribution in [0.5, 0.6) is 0 Å². The van der Waals surface area contributed by atoms with E-state index < -0.39 is 21.5 Å². The van der Waals surface area contributed by atoms with Crippen LogP contribution >= 0.6 is 11.3 Å². The van der Waals surface area contributed by atoms with Gasteiger partial charge in [-0.25, -0.2) is 13.4 Å². The molecule has 1 aliphatic rings. The maximum Gasteiger partial charge on any atom is 0.235 e. The minimum Gasteiger partial charge on any atom is -0.350 e. The van der Waals surface area contributed by atoms with Crippen LogP contribution < -0.4 is 5.32 Å². The Morgan fingerprint density at radius 3 is 2.75 bits per heavy atom. The Hall–Kier alpha value is -0.950. The first-order valence-electron chi connectivity index (χ1n) is 6.93. The van der Waals surface area contributed by atoms with Crippen molar-refractivity contribution >= 4 is 27.1 Å². The van der Waals surface area contributed by atoms with Gasteiger partial charge in [0.15, 0.2) is 9.84 Å². The van der Waals surface area contributed by atoms with E-state index in [1.54, 1.807) is 11.3 Å². The number of aromatic nitrogens is 1. The van der Waals surface area contributed by atoms with Crippen molar-refractivity contribution < 1.29 is 13.2 Å². The molecule has 0 radical (unpaired) electrons. The molecule has 112 valence electrons. The zero-order valence-corrected chi connectivity index (χ0v) is 13.2. The van der Waals surface area contributed by atoms with Gasteiger partial charge in [-0.3, -0.25) is 4.79 Å². The highest BCUT2D eigenvalue weighted by Gasteiger charge is 2.30. The Kier molecular flexibility index (Phi) is 5.15. The summed E-state index contributed by atoms with van der Waals surface area (Å²) in [6.07, 6.45) is 4.16. The lowest BCUT2D eigenvalue weighted by Crippen LogP contribution is -2.33. The second kappa shape index (κ2) is 6.67. The molecule has 0 spiro atoms. The number of aryl methyl sites for hydroxylation is 1. The average Bonchev–Trinajstić information content (AvgIpc) is 3.07. The molecule has 0 atom stereocenters. The Bertz CT molecular complexity index is 560. The van der Waals surface area contributed by atoms with Crippen LogP contribution in [0.4, 0.5) is 0 Å². The maximum atomic E-state index is 12.0. The molecule has 0 unspecified atom stereocenters. The highest BCUT2D eigenvalue weighted by atomic mass is 32.2. The molecule has 1 amide bonds. The summed E-state index contributed by atoms with van der Waals surface area (Å²) in [4.78, 5) is 16.1. The lowest BCUT2D eigenvalue weighted by molar-refractivity contribution is -0.118. The first-order valence-corrected chi connectivity index (χ1v) is 9.52. The summed E-state index contributed by atoms with van der Waals surface area (Å²) in [7, 11) is -3.29. The molecule has 0 aliphatic heterocycles. The molecular formula is C13H20N2O3S2. The van der Waals surface area contributed by atoms with E-state index in [1.165, 1.54) is 0 Å². The SMILES string of the molecule is CCc1nc(CNC(=O)CS(=O)(=O)C2CCCC2)cs1. The Morgan fingerprint density at radius 2 is 2.15 bits per heavy atom. The molecular weight excluding hydrogens is 296 g/mol. The normalized spacial score (nSPS) is 16.4. The summed E-state index contributed by atoms with van der Waals surface area (Å²) in [6, 6.07) is 0. The molecule has 5 nitrogen and oxygen atoms in total. The van der Waals surface area contributed by atoms with Gasteiger partial charge in [-0.2, -0.15) is 0 Å². The van der Waals surface area contributed by atoms with E-state index in [-0.39, 0.29) is 5.25 Å². The summed E-state index contributed by atoms with van der Waals surface area (Å²) in [5.74, 6) is -0.828. The molecule has 0 saturated heterocycles. The number of nitrogens with zero attached hydrogens (tertiary/aromatic N) is 1. The van der Waals surface area contributed by atoms with Crippen LogP contribution in [-0.4, -0.2) is 30.3 Å². The van der Waals surface area contributed by atoms with Gasteiger partial charge < -0.3 is 5.32 Å². The van der Waals surface area contributed by atoms with E-state index in [0.29, 0.717) is 19.4 Å². The fraction of sp³-hybridized carbons (Fsp3) is 0.692. The van der Waals surface area contributed by atoms with Gasteiger partial charge in [0, 0.05) is 5.38 Å². The summed E-state index contributed by atoms with van der Waals surface area (Å²) in [5.41, 5.74) is 0.790. The van der Waals surface area contributed by atoms with E-state index in [2.05, 4.69) is 10.3 Å². The molecule has 1 aromatic rings. The number of carbonyl (C=O) groups excluding carboxylic acids is 1. The van der Waals surface area contributed by atoms with E-state index in [0.717, 1.165) is 30.0 Å². The smallest absolute Gasteiger partial charge is 0.235 e. The van der Waals surface area contributed by atoms with Gasteiger partial charge in [0.25, 0.3) is 0 Å². The number of hydrogen-bond acceptors (Lipinski definition) is 5. The molecule has 1 saturated carbocycles. The highest BCUT2D eigenvalue weighted by Crippen LogP contribution is 2.25. The standard InChI is InChI=1S/C13H20N2O3S2/c1-2-13-15-10(8-19-13)7-14-12(16)9-20(17,18)11-5-3-4-6-11/h8,11H,2-7,9H2,1H3,(H,14,16). The predicted octanol–water partition coefficient (Wildman–Crippen LogP) is 1.68. The molecule has 1 heterocycles. The molecule has 0 aromatic carbocycles. The second-order valence-corrected chi connectivity index (χ2v) is 8.30. The molecule has 2 rings (SSSR count). The van der Waals surface area contributed by atoms with Crippen LogP contribution in [-0.2, 0) is 27.6 Å². The lowest BCUT2D eigenvalue weighted by Gasteiger charge is -2.10. The predicted molar refractivity (Wildman–Crippen MR) is 79.4 cm³/mol.